The Morgan fingerprint density at radius 1 is 0.944 bits per heavy atom. The number of carbonyl (C=O) groups excluding carboxylic acids is 1. The molecule has 1 aliphatic heterocycles. The molecule has 0 aliphatic carbocycles. The summed E-state index contributed by atoms with van der Waals surface area (Å²) in [7, 11) is 0. The van der Waals surface area contributed by atoms with Gasteiger partial charge in [0.25, 0.3) is 5.89 Å². The first kappa shape index (κ1) is 25.3. The quantitative estimate of drug-likeness (QED) is 0.321. The van der Waals surface area contributed by atoms with Gasteiger partial charge in [0.2, 0.25) is 5.82 Å². The second-order valence-corrected chi connectivity index (χ2v) is 8.62. The van der Waals surface area contributed by atoms with E-state index in [0.29, 0.717) is 31.5 Å². The lowest BCUT2D eigenvalue weighted by Gasteiger charge is -2.35. The Kier molecular flexibility index (Phi) is 8.25. The SMILES string of the molecule is CCCCCN1C(=O)NC(c2ccc(OCC)cc2)C(c2nc(-c3ccc(OCC)cc3)no2)=C1C. The van der Waals surface area contributed by atoms with Gasteiger partial charge < -0.3 is 19.3 Å². The number of urea groups is 1. The van der Waals surface area contributed by atoms with E-state index in [1.54, 1.807) is 4.90 Å². The second-order valence-electron chi connectivity index (χ2n) is 8.62. The maximum Gasteiger partial charge on any atom is 0.322 e. The zero-order valence-electron chi connectivity index (χ0n) is 21.4. The third-order valence-electron chi connectivity index (χ3n) is 6.19. The highest BCUT2D eigenvalue weighted by atomic mass is 16.5. The van der Waals surface area contributed by atoms with E-state index in [2.05, 4.69) is 17.4 Å². The van der Waals surface area contributed by atoms with Crippen LogP contribution in [0.15, 0.2) is 58.8 Å². The van der Waals surface area contributed by atoms with Crippen LogP contribution in [-0.4, -0.2) is 40.8 Å². The molecule has 8 nitrogen and oxygen atoms in total. The number of rotatable bonds is 11. The van der Waals surface area contributed by atoms with E-state index in [0.717, 1.165) is 53.2 Å². The molecule has 1 atom stereocenters. The largest absolute Gasteiger partial charge is 0.494 e. The van der Waals surface area contributed by atoms with Gasteiger partial charge in [-0.2, -0.15) is 4.98 Å². The van der Waals surface area contributed by atoms with Crippen LogP contribution in [-0.2, 0) is 0 Å². The van der Waals surface area contributed by atoms with Gasteiger partial charge in [0.15, 0.2) is 0 Å². The fourth-order valence-electron chi connectivity index (χ4n) is 4.34. The van der Waals surface area contributed by atoms with Gasteiger partial charge in [-0.3, -0.25) is 4.90 Å². The summed E-state index contributed by atoms with van der Waals surface area (Å²) >= 11 is 0. The lowest BCUT2D eigenvalue weighted by atomic mass is 9.94. The van der Waals surface area contributed by atoms with E-state index in [9.17, 15) is 4.79 Å². The predicted molar refractivity (Wildman–Crippen MR) is 139 cm³/mol. The van der Waals surface area contributed by atoms with Crippen molar-refractivity contribution in [3.8, 4) is 22.9 Å². The smallest absolute Gasteiger partial charge is 0.322 e. The number of nitrogens with zero attached hydrogens (tertiary/aromatic N) is 3. The van der Waals surface area contributed by atoms with Gasteiger partial charge in [-0.25, -0.2) is 4.79 Å². The van der Waals surface area contributed by atoms with Crippen LogP contribution in [0.25, 0.3) is 17.0 Å². The Balaban J connectivity index is 1.71. The maximum atomic E-state index is 13.1. The van der Waals surface area contributed by atoms with Crippen LogP contribution in [0, 0.1) is 0 Å². The Morgan fingerprint density at radius 3 is 2.19 bits per heavy atom. The van der Waals surface area contributed by atoms with Crippen LogP contribution in [0.1, 0.15) is 64.5 Å². The van der Waals surface area contributed by atoms with Crippen molar-refractivity contribution in [1.29, 1.82) is 0 Å². The molecule has 1 N–H and O–H groups in total. The third kappa shape index (κ3) is 5.53. The molecule has 0 radical (unpaired) electrons. The minimum absolute atomic E-state index is 0.127. The molecule has 0 bridgehead atoms. The fraction of sp³-hybridized carbons (Fsp3) is 0.393. The Bertz CT molecular complexity index is 1190. The molecule has 0 fully saturated rings. The number of unbranched alkanes of at least 4 members (excludes halogenated alkanes) is 2. The minimum Gasteiger partial charge on any atom is -0.494 e. The summed E-state index contributed by atoms with van der Waals surface area (Å²) in [5.74, 6) is 2.43. The molecule has 190 valence electrons. The molecular weight excluding hydrogens is 456 g/mol. The molecule has 2 amide bonds. The molecule has 2 aromatic carbocycles. The summed E-state index contributed by atoms with van der Waals surface area (Å²) in [5.41, 5.74) is 3.34. The molecule has 1 unspecified atom stereocenters. The summed E-state index contributed by atoms with van der Waals surface area (Å²) in [6.07, 6.45) is 3.05. The van der Waals surface area contributed by atoms with Crippen molar-refractivity contribution in [3.63, 3.8) is 0 Å². The number of ether oxygens (including phenoxy) is 2. The van der Waals surface area contributed by atoms with E-state index >= 15 is 0 Å². The fourth-order valence-corrected chi connectivity index (χ4v) is 4.34. The molecular formula is C28H34N4O4. The Labute approximate surface area is 212 Å². The lowest BCUT2D eigenvalue weighted by Crippen LogP contribution is -2.46. The molecule has 1 aliphatic rings. The highest BCUT2D eigenvalue weighted by molar-refractivity contribution is 5.86. The van der Waals surface area contributed by atoms with Crippen molar-refractivity contribution >= 4 is 11.6 Å². The van der Waals surface area contributed by atoms with Crippen LogP contribution < -0.4 is 14.8 Å². The van der Waals surface area contributed by atoms with E-state index in [1.807, 2.05) is 69.3 Å². The first-order chi connectivity index (χ1) is 17.5. The molecule has 2 heterocycles. The highest BCUT2D eigenvalue weighted by Crippen LogP contribution is 2.38. The van der Waals surface area contributed by atoms with Crippen LogP contribution >= 0.6 is 0 Å². The average molecular weight is 491 g/mol. The summed E-state index contributed by atoms with van der Waals surface area (Å²) < 4.78 is 16.9. The van der Waals surface area contributed by atoms with Gasteiger partial charge in [-0.05, 0) is 69.2 Å². The minimum atomic E-state index is -0.427. The average Bonchev–Trinajstić information content (AvgIpc) is 3.37. The topological polar surface area (TPSA) is 89.7 Å². The van der Waals surface area contributed by atoms with Crippen molar-refractivity contribution in [3.05, 3.63) is 65.7 Å². The van der Waals surface area contributed by atoms with Crippen LogP contribution in [0.4, 0.5) is 4.79 Å². The number of nitrogens with one attached hydrogen (secondary N) is 1. The second kappa shape index (κ2) is 11.7. The van der Waals surface area contributed by atoms with E-state index in [1.165, 1.54) is 0 Å². The number of amides is 2. The summed E-state index contributed by atoms with van der Waals surface area (Å²) in [4.78, 5) is 19.6. The summed E-state index contributed by atoms with van der Waals surface area (Å²) in [5, 5.41) is 7.40. The number of benzene rings is 2. The van der Waals surface area contributed by atoms with Gasteiger partial charge in [0.05, 0.1) is 24.8 Å². The number of hydrogen-bond acceptors (Lipinski definition) is 6. The monoisotopic (exact) mass is 490 g/mol. The number of hydrogen-bond donors (Lipinski definition) is 1. The van der Waals surface area contributed by atoms with Gasteiger partial charge in [-0.15, -0.1) is 0 Å². The van der Waals surface area contributed by atoms with Crippen molar-refractivity contribution in [2.75, 3.05) is 19.8 Å². The first-order valence-corrected chi connectivity index (χ1v) is 12.6. The van der Waals surface area contributed by atoms with Crippen LogP contribution in [0.2, 0.25) is 0 Å². The van der Waals surface area contributed by atoms with E-state index in [4.69, 9.17) is 19.0 Å². The van der Waals surface area contributed by atoms with Crippen molar-refractivity contribution in [1.82, 2.24) is 20.4 Å². The highest BCUT2D eigenvalue weighted by Gasteiger charge is 2.35. The van der Waals surface area contributed by atoms with Gasteiger partial charge in [0, 0.05) is 17.8 Å². The molecule has 4 rings (SSSR count). The standard InChI is InChI=1S/C28H34N4O4/c1-5-8-9-18-32-19(4)24(25(29-28(32)33)20-10-14-22(15-11-20)34-6-2)27-30-26(31-36-27)21-12-16-23(17-13-21)35-7-3/h10-17,25H,5-9,18H2,1-4H3,(H,29,33). The van der Waals surface area contributed by atoms with Crippen molar-refractivity contribution < 1.29 is 18.8 Å². The molecule has 36 heavy (non-hydrogen) atoms. The number of carbonyl (C=O) groups is 1. The predicted octanol–water partition coefficient (Wildman–Crippen LogP) is 6.22. The van der Waals surface area contributed by atoms with Gasteiger partial charge in [0.1, 0.15) is 11.5 Å². The first-order valence-electron chi connectivity index (χ1n) is 12.6. The van der Waals surface area contributed by atoms with Crippen molar-refractivity contribution in [2.24, 2.45) is 0 Å². The third-order valence-corrected chi connectivity index (χ3v) is 6.19. The Morgan fingerprint density at radius 2 is 1.58 bits per heavy atom. The van der Waals surface area contributed by atoms with Crippen LogP contribution in [0.5, 0.6) is 11.5 Å². The number of allylic oxidation sites excluding steroid dienone is 1. The van der Waals surface area contributed by atoms with E-state index in [-0.39, 0.29) is 6.03 Å². The normalized spacial score (nSPS) is 15.7. The molecule has 8 heteroatoms. The molecule has 3 aromatic rings. The van der Waals surface area contributed by atoms with Gasteiger partial charge >= 0.3 is 6.03 Å². The summed E-state index contributed by atoms with van der Waals surface area (Å²) in [6, 6.07) is 14.8. The van der Waals surface area contributed by atoms with Crippen molar-refractivity contribution in [2.45, 2.75) is 53.0 Å². The zero-order chi connectivity index (χ0) is 25.5. The van der Waals surface area contributed by atoms with E-state index < -0.39 is 6.04 Å². The van der Waals surface area contributed by atoms with Crippen LogP contribution in [0.3, 0.4) is 0 Å². The lowest BCUT2D eigenvalue weighted by molar-refractivity contribution is 0.204. The van der Waals surface area contributed by atoms with Gasteiger partial charge in [-0.1, -0.05) is 37.1 Å². The maximum absolute atomic E-state index is 13.1. The molecule has 0 saturated carbocycles. The molecule has 0 saturated heterocycles. The number of aromatic nitrogens is 2. The molecule has 1 aromatic heterocycles. The summed E-state index contributed by atoms with van der Waals surface area (Å²) in [6.45, 7) is 9.81. The zero-order valence-corrected chi connectivity index (χ0v) is 21.4. The Hall–Kier alpha value is -3.81. The molecule has 0 spiro atoms.